The monoisotopic (exact) mass is 369 g/mol. The number of likely N-dealkylation sites (tertiary alicyclic amines) is 1. The molecule has 0 bridgehead atoms. The van der Waals surface area contributed by atoms with E-state index in [1.807, 2.05) is 34.7 Å². The Morgan fingerprint density at radius 3 is 2.96 bits per heavy atom. The van der Waals surface area contributed by atoms with Crippen molar-refractivity contribution in [1.82, 2.24) is 24.6 Å². The molecule has 1 saturated heterocycles. The standard InChI is InChI=1S/C19H23N5OS/c1-2-18-20-7-10-24(18)13-14-5-8-23(9-6-14)19(25)16-12-15(21-22-16)17-4-3-11-26-17/h3-4,7,10-12,14H,2,5-6,8-9,13H2,1H3,(H,21,22). The number of carbonyl (C=O) groups is 1. The van der Waals surface area contributed by atoms with Crippen LogP contribution in [0.5, 0.6) is 0 Å². The van der Waals surface area contributed by atoms with E-state index in [9.17, 15) is 4.79 Å². The molecule has 1 aliphatic heterocycles. The molecule has 136 valence electrons. The average Bonchev–Trinajstić information content (AvgIpc) is 3.42. The Hall–Kier alpha value is -2.41. The summed E-state index contributed by atoms with van der Waals surface area (Å²) in [6, 6.07) is 5.88. The van der Waals surface area contributed by atoms with Crippen LogP contribution in [0, 0.1) is 5.92 Å². The van der Waals surface area contributed by atoms with E-state index in [0.717, 1.165) is 55.3 Å². The number of rotatable bonds is 5. The largest absolute Gasteiger partial charge is 0.337 e. The molecular formula is C19H23N5OS. The summed E-state index contributed by atoms with van der Waals surface area (Å²) in [5.41, 5.74) is 1.42. The van der Waals surface area contributed by atoms with E-state index in [1.54, 1.807) is 11.3 Å². The molecule has 0 atom stereocenters. The summed E-state index contributed by atoms with van der Waals surface area (Å²) >= 11 is 1.64. The van der Waals surface area contributed by atoms with Crippen molar-refractivity contribution in [3.8, 4) is 10.6 Å². The average molecular weight is 369 g/mol. The molecule has 3 aromatic heterocycles. The van der Waals surface area contributed by atoms with Crippen LogP contribution in [0.2, 0.25) is 0 Å². The number of hydrogen-bond acceptors (Lipinski definition) is 4. The van der Waals surface area contributed by atoms with Crippen LogP contribution in [0.15, 0.2) is 36.0 Å². The van der Waals surface area contributed by atoms with Crippen LogP contribution in [0.3, 0.4) is 0 Å². The molecule has 1 N–H and O–H groups in total. The maximum Gasteiger partial charge on any atom is 0.274 e. The van der Waals surface area contributed by atoms with Gasteiger partial charge in [-0.15, -0.1) is 11.3 Å². The third-order valence-corrected chi connectivity index (χ3v) is 5.96. The van der Waals surface area contributed by atoms with Gasteiger partial charge < -0.3 is 9.47 Å². The summed E-state index contributed by atoms with van der Waals surface area (Å²) < 4.78 is 2.25. The van der Waals surface area contributed by atoms with E-state index in [0.29, 0.717) is 11.6 Å². The second-order valence-corrected chi connectivity index (χ2v) is 7.68. The van der Waals surface area contributed by atoms with Gasteiger partial charge in [-0.2, -0.15) is 5.10 Å². The van der Waals surface area contributed by atoms with Crippen molar-refractivity contribution in [2.75, 3.05) is 13.1 Å². The summed E-state index contributed by atoms with van der Waals surface area (Å²) in [6.07, 6.45) is 6.94. The Morgan fingerprint density at radius 2 is 2.23 bits per heavy atom. The molecule has 0 saturated carbocycles. The first-order chi connectivity index (χ1) is 12.7. The van der Waals surface area contributed by atoms with E-state index >= 15 is 0 Å². The van der Waals surface area contributed by atoms with Gasteiger partial charge in [-0.25, -0.2) is 4.98 Å². The number of piperidine rings is 1. The fourth-order valence-corrected chi connectivity index (χ4v) is 4.26. The van der Waals surface area contributed by atoms with Gasteiger partial charge in [-0.1, -0.05) is 13.0 Å². The second-order valence-electron chi connectivity index (χ2n) is 6.73. The Balaban J connectivity index is 1.35. The first-order valence-corrected chi connectivity index (χ1v) is 10.0. The van der Waals surface area contributed by atoms with E-state index < -0.39 is 0 Å². The zero-order valence-corrected chi connectivity index (χ0v) is 15.7. The molecule has 3 aromatic rings. The Morgan fingerprint density at radius 1 is 1.38 bits per heavy atom. The molecule has 1 aliphatic rings. The normalized spacial score (nSPS) is 15.5. The van der Waals surface area contributed by atoms with E-state index in [2.05, 4.69) is 32.9 Å². The lowest BCUT2D eigenvalue weighted by molar-refractivity contribution is 0.0676. The first-order valence-electron chi connectivity index (χ1n) is 9.13. The van der Waals surface area contributed by atoms with Gasteiger partial charge in [0.25, 0.3) is 5.91 Å². The zero-order valence-electron chi connectivity index (χ0n) is 14.9. The van der Waals surface area contributed by atoms with Crippen molar-refractivity contribution in [3.63, 3.8) is 0 Å². The number of carbonyl (C=O) groups excluding carboxylic acids is 1. The third kappa shape index (κ3) is 3.44. The van der Waals surface area contributed by atoms with Crippen LogP contribution in [0.1, 0.15) is 36.1 Å². The molecule has 4 heterocycles. The van der Waals surface area contributed by atoms with Gasteiger partial charge in [0.15, 0.2) is 5.69 Å². The number of nitrogens with zero attached hydrogens (tertiary/aromatic N) is 4. The molecule has 1 fully saturated rings. The van der Waals surface area contributed by atoms with Crippen LogP contribution >= 0.6 is 11.3 Å². The van der Waals surface area contributed by atoms with Crippen molar-refractivity contribution >= 4 is 17.2 Å². The lowest BCUT2D eigenvalue weighted by Crippen LogP contribution is -2.39. The summed E-state index contributed by atoms with van der Waals surface area (Å²) in [7, 11) is 0. The summed E-state index contributed by atoms with van der Waals surface area (Å²) in [5.74, 6) is 1.76. The number of aromatic amines is 1. The quantitative estimate of drug-likeness (QED) is 0.749. The van der Waals surface area contributed by atoms with E-state index in [1.165, 1.54) is 0 Å². The maximum atomic E-state index is 12.7. The molecule has 7 heteroatoms. The van der Waals surface area contributed by atoms with Crippen molar-refractivity contribution < 1.29 is 4.79 Å². The number of H-pyrrole nitrogens is 1. The van der Waals surface area contributed by atoms with Crippen LogP contribution in [0.25, 0.3) is 10.6 Å². The molecule has 0 unspecified atom stereocenters. The van der Waals surface area contributed by atoms with Gasteiger partial charge in [0.05, 0.1) is 10.6 Å². The topological polar surface area (TPSA) is 66.8 Å². The number of aryl methyl sites for hydroxylation is 1. The zero-order chi connectivity index (χ0) is 17.9. The highest BCUT2D eigenvalue weighted by Gasteiger charge is 2.25. The summed E-state index contributed by atoms with van der Waals surface area (Å²) in [6.45, 7) is 4.71. The first kappa shape index (κ1) is 17.0. The second kappa shape index (κ2) is 7.45. The van der Waals surface area contributed by atoms with Crippen molar-refractivity contribution in [2.45, 2.75) is 32.7 Å². The molecule has 0 aliphatic carbocycles. The number of hydrogen-bond donors (Lipinski definition) is 1. The Bertz CT molecular complexity index is 858. The van der Waals surface area contributed by atoms with Crippen molar-refractivity contribution in [1.29, 1.82) is 0 Å². The number of nitrogens with one attached hydrogen (secondary N) is 1. The molecule has 4 rings (SSSR count). The van der Waals surface area contributed by atoms with Gasteiger partial charge in [-0.05, 0) is 36.3 Å². The smallest absolute Gasteiger partial charge is 0.274 e. The fraction of sp³-hybridized carbons (Fsp3) is 0.421. The summed E-state index contributed by atoms with van der Waals surface area (Å²) in [5, 5.41) is 9.23. The van der Waals surface area contributed by atoms with Gasteiger partial charge in [0.2, 0.25) is 0 Å². The predicted molar refractivity (Wildman–Crippen MR) is 102 cm³/mol. The molecule has 26 heavy (non-hydrogen) atoms. The lowest BCUT2D eigenvalue weighted by Gasteiger charge is -2.32. The molecule has 6 nitrogen and oxygen atoms in total. The van der Waals surface area contributed by atoms with Gasteiger partial charge in [0.1, 0.15) is 5.82 Å². The third-order valence-electron chi connectivity index (χ3n) is 5.06. The molecule has 0 spiro atoms. The number of thiophene rings is 1. The van der Waals surface area contributed by atoms with E-state index in [4.69, 9.17) is 0 Å². The maximum absolute atomic E-state index is 12.7. The number of imidazole rings is 1. The fourth-order valence-electron chi connectivity index (χ4n) is 3.57. The minimum absolute atomic E-state index is 0.0272. The van der Waals surface area contributed by atoms with Gasteiger partial charge >= 0.3 is 0 Å². The predicted octanol–water partition coefficient (Wildman–Crippen LogP) is 3.45. The molecule has 1 amide bonds. The van der Waals surface area contributed by atoms with Gasteiger partial charge in [-0.3, -0.25) is 9.89 Å². The van der Waals surface area contributed by atoms with Crippen LogP contribution in [-0.2, 0) is 13.0 Å². The van der Waals surface area contributed by atoms with Crippen LogP contribution in [-0.4, -0.2) is 43.6 Å². The summed E-state index contributed by atoms with van der Waals surface area (Å²) in [4.78, 5) is 20.2. The highest BCUT2D eigenvalue weighted by molar-refractivity contribution is 7.13. The van der Waals surface area contributed by atoms with Crippen molar-refractivity contribution in [3.05, 3.63) is 47.5 Å². The highest BCUT2D eigenvalue weighted by Crippen LogP contribution is 2.25. The lowest BCUT2D eigenvalue weighted by atomic mass is 9.96. The number of aromatic nitrogens is 4. The molecular weight excluding hydrogens is 346 g/mol. The number of amides is 1. The molecule has 0 aromatic carbocycles. The minimum Gasteiger partial charge on any atom is -0.337 e. The Labute approximate surface area is 156 Å². The van der Waals surface area contributed by atoms with Crippen LogP contribution < -0.4 is 0 Å². The Kier molecular flexibility index (Phi) is 4.88. The van der Waals surface area contributed by atoms with Crippen molar-refractivity contribution in [2.24, 2.45) is 5.92 Å². The van der Waals surface area contributed by atoms with Crippen LogP contribution in [0.4, 0.5) is 0 Å². The SMILES string of the molecule is CCc1nccn1CC1CCN(C(=O)c2cc(-c3cccs3)[nH]n2)CC1. The minimum atomic E-state index is 0.0272. The van der Waals surface area contributed by atoms with Gasteiger partial charge in [0, 0.05) is 38.4 Å². The van der Waals surface area contributed by atoms with E-state index in [-0.39, 0.29) is 5.91 Å². The molecule has 0 radical (unpaired) electrons. The highest BCUT2D eigenvalue weighted by atomic mass is 32.1.